The fraction of sp³-hybridized carbons (Fsp3) is 0.562. The molecule has 0 radical (unpaired) electrons. The summed E-state index contributed by atoms with van der Waals surface area (Å²) in [7, 11) is 0. The zero-order valence-electron chi connectivity index (χ0n) is 12.4. The van der Waals surface area contributed by atoms with Crippen LogP contribution in [0.2, 0.25) is 10.0 Å². The van der Waals surface area contributed by atoms with E-state index in [9.17, 15) is 4.79 Å². The minimum Gasteiger partial charge on any atom is -0.339 e. The minimum absolute atomic E-state index is 0. The quantitative estimate of drug-likeness (QED) is 0.817. The van der Waals surface area contributed by atoms with Crippen LogP contribution in [0.4, 0.5) is 0 Å². The molecule has 3 nitrogen and oxygen atoms in total. The Bertz CT molecular complexity index is 534. The third-order valence-electron chi connectivity index (χ3n) is 4.96. The van der Waals surface area contributed by atoms with Gasteiger partial charge in [0.15, 0.2) is 0 Å². The monoisotopic (exact) mass is 362 g/mol. The number of piperidine rings is 2. The highest BCUT2D eigenvalue weighted by Crippen LogP contribution is 2.40. The first-order chi connectivity index (χ1) is 10.1. The highest BCUT2D eigenvalue weighted by Gasteiger charge is 2.37. The molecule has 0 atom stereocenters. The van der Waals surface area contributed by atoms with Crippen LogP contribution >= 0.6 is 35.6 Å². The van der Waals surface area contributed by atoms with Gasteiger partial charge in [-0.3, -0.25) is 4.79 Å². The molecule has 2 aliphatic heterocycles. The number of hydrogen-bond acceptors (Lipinski definition) is 2. The first kappa shape index (κ1) is 17.9. The van der Waals surface area contributed by atoms with Crippen molar-refractivity contribution in [1.29, 1.82) is 0 Å². The molecule has 1 aromatic rings. The molecule has 2 fully saturated rings. The SMILES string of the molecule is Cl.O=C(c1cccc(Cl)c1Cl)N1CCC2(CCNCC2)CC1. The summed E-state index contributed by atoms with van der Waals surface area (Å²) in [5, 5.41) is 4.22. The number of carbonyl (C=O) groups excluding carboxylic acids is 1. The first-order valence-electron chi connectivity index (χ1n) is 7.55. The van der Waals surface area contributed by atoms with Crippen LogP contribution in [0.3, 0.4) is 0 Å². The molecular formula is C16H21Cl3N2O. The standard InChI is InChI=1S/C16H20Cl2N2O.ClH/c17-13-3-1-2-12(14(13)18)15(21)20-10-6-16(7-11-20)4-8-19-9-5-16;/h1-3,19H,4-11H2;1H. The fourth-order valence-electron chi connectivity index (χ4n) is 3.48. The van der Waals surface area contributed by atoms with E-state index in [4.69, 9.17) is 23.2 Å². The number of halogens is 3. The number of hydrogen-bond donors (Lipinski definition) is 1. The molecule has 1 aromatic carbocycles. The Balaban J connectivity index is 0.00000176. The van der Waals surface area contributed by atoms with Crippen molar-refractivity contribution in [3.8, 4) is 0 Å². The minimum atomic E-state index is 0. The molecule has 122 valence electrons. The van der Waals surface area contributed by atoms with Crippen LogP contribution in [0.5, 0.6) is 0 Å². The van der Waals surface area contributed by atoms with Gasteiger partial charge < -0.3 is 10.2 Å². The zero-order chi connectivity index (χ0) is 14.9. The third-order valence-corrected chi connectivity index (χ3v) is 5.78. The number of nitrogens with zero attached hydrogens (tertiary/aromatic N) is 1. The molecule has 0 unspecified atom stereocenters. The van der Waals surface area contributed by atoms with Gasteiger partial charge in [0.1, 0.15) is 0 Å². The molecule has 3 rings (SSSR count). The first-order valence-corrected chi connectivity index (χ1v) is 8.31. The van der Waals surface area contributed by atoms with Crippen molar-refractivity contribution in [2.24, 2.45) is 5.41 Å². The Hall–Kier alpha value is -0.480. The van der Waals surface area contributed by atoms with Crippen LogP contribution in [-0.2, 0) is 0 Å². The number of carbonyl (C=O) groups is 1. The molecule has 0 bridgehead atoms. The Morgan fingerprint density at radius 1 is 1.09 bits per heavy atom. The highest BCUT2D eigenvalue weighted by atomic mass is 35.5. The highest BCUT2D eigenvalue weighted by molar-refractivity contribution is 6.43. The van der Waals surface area contributed by atoms with Crippen LogP contribution in [0, 0.1) is 5.41 Å². The largest absolute Gasteiger partial charge is 0.339 e. The van der Waals surface area contributed by atoms with Crippen molar-refractivity contribution in [3.05, 3.63) is 33.8 Å². The molecule has 0 aromatic heterocycles. The van der Waals surface area contributed by atoms with Crippen molar-refractivity contribution in [1.82, 2.24) is 10.2 Å². The molecule has 6 heteroatoms. The number of nitrogens with one attached hydrogen (secondary N) is 1. The predicted molar refractivity (Wildman–Crippen MR) is 93.4 cm³/mol. The van der Waals surface area contributed by atoms with E-state index in [1.165, 1.54) is 12.8 Å². The summed E-state index contributed by atoms with van der Waals surface area (Å²) in [6.07, 6.45) is 4.65. The van der Waals surface area contributed by atoms with Crippen molar-refractivity contribution >= 4 is 41.5 Å². The van der Waals surface area contributed by atoms with Gasteiger partial charge in [0, 0.05) is 13.1 Å². The second-order valence-electron chi connectivity index (χ2n) is 6.14. The van der Waals surface area contributed by atoms with Crippen LogP contribution in [0.1, 0.15) is 36.0 Å². The van der Waals surface area contributed by atoms with Crippen LogP contribution in [0.25, 0.3) is 0 Å². The zero-order valence-corrected chi connectivity index (χ0v) is 14.7. The van der Waals surface area contributed by atoms with E-state index in [-0.39, 0.29) is 18.3 Å². The van der Waals surface area contributed by atoms with Gasteiger partial charge in [-0.15, -0.1) is 12.4 Å². The van der Waals surface area contributed by atoms with E-state index >= 15 is 0 Å². The molecule has 2 aliphatic rings. The van der Waals surface area contributed by atoms with Crippen LogP contribution in [-0.4, -0.2) is 37.0 Å². The topological polar surface area (TPSA) is 32.3 Å². The van der Waals surface area contributed by atoms with Crippen LogP contribution < -0.4 is 5.32 Å². The van der Waals surface area contributed by atoms with E-state index in [1.54, 1.807) is 18.2 Å². The van der Waals surface area contributed by atoms with Crippen molar-refractivity contribution in [3.63, 3.8) is 0 Å². The molecule has 2 heterocycles. The van der Waals surface area contributed by atoms with E-state index in [2.05, 4.69) is 5.32 Å². The van der Waals surface area contributed by atoms with Gasteiger partial charge in [-0.1, -0.05) is 29.3 Å². The van der Waals surface area contributed by atoms with Gasteiger partial charge >= 0.3 is 0 Å². The second kappa shape index (κ2) is 7.39. The van der Waals surface area contributed by atoms with Crippen LogP contribution in [0.15, 0.2) is 18.2 Å². The summed E-state index contributed by atoms with van der Waals surface area (Å²) in [5.74, 6) is 0.00582. The summed E-state index contributed by atoms with van der Waals surface area (Å²) in [5.41, 5.74) is 0.964. The van der Waals surface area contributed by atoms with E-state index < -0.39 is 0 Å². The Kier molecular flexibility index (Phi) is 6.00. The number of likely N-dealkylation sites (tertiary alicyclic amines) is 1. The number of amides is 1. The summed E-state index contributed by atoms with van der Waals surface area (Å²) in [6.45, 7) is 3.85. The number of rotatable bonds is 1. The average Bonchev–Trinajstić information content (AvgIpc) is 2.51. The van der Waals surface area contributed by atoms with Crippen molar-refractivity contribution in [2.75, 3.05) is 26.2 Å². The van der Waals surface area contributed by atoms with Gasteiger partial charge in [-0.2, -0.15) is 0 Å². The summed E-state index contributed by atoms with van der Waals surface area (Å²) < 4.78 is 0. The Morgan fingerprint density at radius 2 is 1.73 bits per heavy atom. The van der Waals surface area contributed by atoms with Gasteiger partial charge in [-0.05, 0) is 56.3 Å². The molecule has 0 saturated carbocycles. The van der Waals surface area contributed by atoms with Crippen molar-refractivity contribution in [2.45, 2.75) is 25.7 Å². The maximum Gasteiger partial charge on any atom is 0.255 e. The molecule has 22 heavy (non-hydrogen) atoms. The maximum atomic E-state index is 12.6. The average molecular weight is 364 g/mol. The fourth-order valence-corrected chi connectivity index (χ4v) is 3.86. The predicted octanol–water partition coefficient (Wildman–Crippen LogP) is 4.02. The summed E-state index contributed by atoms with van der Waals surface area (Å²) in [4.78, 5) is 14.5. The third kappa shape index (κ3) is 3.53. The molecule has 2 saturated heterocycles. The van der Waals surface area contributed by atoms with E-state index in [0.29, 0.717) is 21.0 Å². The molecule has 1 spiro atoms. The van der Waals surface area contributed by atoms with Gasteiger partial charge in [0.2, 0.25) is 0 Å². The van der Waals surface area contributed by atoms with E-state index in [1.807, 2.05) is 4.90 Å². The van der Waals surface area contributed by atoms with Gasteiger partial charge in [-0.25, -0.2) is 0 Å². The van der Waals surface area contributed by atoms with Gasteiger partial charge in [0.25, 0.3) is 5.91 Å². The lowest BCUT2D eigenvalue weighted by Crippen LogP contribution is -2.47. The lowest BCUT2D eigenvalue weighted by atomic mass is 9.71. The lowest BCUT2D eigenvalue weighted by molar-refractivity contribution is 0.0496. The molecular weight excluding hydrogens is 343 g/mol. The second-order valence-corrected chi connectivity index (χ2v) is 6.93. The Labute approximate surface area is 147 Å². The van der Waals surface area contributed by atoms with Crippen molar-refractivity contribution < 1.29 is 4.79 Å². The molecule has 1 amide bonds. The maximum absolute atomic E-state index is 12.6. The Morgan fingerprint density at radius 3 is 2.36 bits per heavy atom. The summed E-state index contributed by atoms with van der Waals surface area (Å²) in [6, 6.07) is 5.24. The number of benzene rings is 1. The van der Waals surface area contributed by atoms with E-state index in [0.717, 1.165) is 39.0 Å². The normalized spacial score (nSPS) is 20.5. The molecule has 0 aliphatic carbocycles. The summed E-state index contributed by atoms with van der Waals surface area (Å²) >= 11 is 12.2. The van der Waals surface area contributed by atoms with Gasteiger partial charge in [0.05, 0.1) is 15.6 Å². The molecule has 1 N–H and O–H groups in total. The smallest absolute Gasteiger partial charge is 0.255 e. The lowest BCUT2D eigenvalue weighted by Gasteiger charge is -2.44.